The van der Waals surface area contributed by atoms with Crippen molar-refractivity contribution in [3.8, 4) is 11.5 Å². The Balaban J connectivity index is 1.62. The average molecular weight is 394 g/mol. The quantitative estimate of drug-likeness (QED) is 0.765. The van der Waals surface area contributed by atoms with Crippen LogP contribution < -0.4 is 14.8 Å². The van der Waals surface area contributed by atoms with E-state index >= 15 is 0 Å². The minimum atomic E-state index is -0.607. The Labute approximate surface area is 171 Å². The van der Waals surface area contributed by atoms with E-state index in [0.717, 1.165) is 23.1 Å². The molecule has 0 fully saturated rings. The second kappa shape index (κ2) is 9.28. The average Bonchev–Trinajstić information content (AvgIpc) is 2.76. The van der Waals surface area contributed by atoms with Crippen LogP contribution in [0.5, 0.6) is 11.5 Å². The van der Waals surface area contributed by atoms with E-state index < -0.39 is 6.04 Å². The number of methoxy groups -OCH3 is 2. The van der Waals surface area contributed by atoms with E-state index in [9.17, 15) is 9.59 Å². The molecule has 0 radical (unpaired) electrons. The van der Waals surface area contributed by atoms with Crippen LogP contribution >= 0.6 is 0 Å². The van der Waals surface area contributed by atoms with Crippen molar-refractivity contribution in [3.63, 3.8) is 0 Å². The van der Waals surface area contributed by atoms with Crippen LogP contribution in [0.25, 0.3) is 6.08 Å². The zero-order valence-corrected chi connectivity index (χ0v) is 17.0. The van der Waals surface area contributed by atoms with Crippen LogP contribution in [0, 0.1) is 0 Å². The predicted molar refractivity (Wildman–Crippen MR) is 112 cm³/mol. The number of nitrogens with one attached hydrogen (secondary N) is 1. The first kappa shape index (κ1) is 20.5. The Morgan fingerprint density at radius 2 is 1.72 bits per heavy atom. The van der Waals surface area contributed by atoms with E-state index in [0.29, 0.717) is 24.6 Å². The number of carbonyl (C=O) groups is 2. The third-order valence-electron chi connectivity index (χ3n) is 4.99. The van der Waals surface area contributed by atoms with Crippen molar-refractivity contribution in [2.75, 3.05) is 20.8 Å². The molecule has 6 heteroatoms. The molecule has 152 valence electrons. The molecular weight excluding hydrogens is 368 g/mol. The molecular formula is C23H26N2O4. The molecule has 2 aromatic rings. The van der Waals surface area contributed by atoms with Crippen molar-refractivity contribution in [3.05, 3.63) is 65.2 Å². The van der Waals surface area contributed by atoms with Gasteiger partial charge in [0.05, 0.1) is 14.2 Å². The monoisotopic (exact) mass is 394 g/mol. The lowest BCUT2D eigenvalue weighted by atomic mass is 9.98. The van der Waals surface area contributed by atoms with Crippen molar-refractivity contribution in [1.29, 1.82) is 0 Å². The zero-order valence-electron chi connectivity index (χ0n) is 17.0. The van der Waals surface area contributed by atoms with Gasteiger partial charge in [0.15, 0.2) is 11.5 Å². The van der Waals surface area contributed by atoms with E-state index in [-0.39, 0.29) is 11.8 Å². The summed E-state index contributed by atoms with van der Waals surface area (Å²) in [6.45, 7) is 2.79. The number of benzene rings is 2. The highest BCUT2D eigenvalue weighted by Gasteiger charge is 2.26. The van der Waals surface area contributed by atoms with Crippen molar-refractivity contribution in [2.45, 2.75) is 25.9 Å². The Morgan fingerprint density at radius 1 is 1.07 bits per heavy atom. The molecule has 2 aromatic carbocycles. The zero-order chi connectivity index (χ0) is 20.8. The fourth-order valence-electron chi connectivity index (χ4n) is 3.40. The lowest BCUT2D eigenvalue weighted by molar-refractivity contribution is -0.136. The summed E-state index contributed by atoms with van der Waals surface area (Å²) in [6.07, 6.45) is 3.90. The maximum atomic E-state index is 12.8. The SMILES string of the molecule is COc1cc2c(cc1OC)CN(C(=O)C(C)NC(=O)/C=C/c1ccccc1)CC2. The normalized spacial score (nSPS) is 14.2. The summed E-state index contributed by atoms with van der Waals surface area (Å²) in [7, 11) is 3.20. The molecule has 1 atom stereocenters. The molecule has 0 spiro atoms. The molecule has 0 bridgehead atoms. The van der Waals surface area contributed by atoms with Gasteiger partial charge in [0.25, 0.3) is 0 Å². The lowest BCUT2D eigenvalue weighted by Crippen LogP contribution is -2.48. The molecule has 1 aliphatic heterocycles. The molecule has 0 saturated heterocycles. The summed E-state index contributed by atoms with van der Waals surface area (Å²) < 4.78 is 10.7. The van der Waals surface area contributed by atoms with Crippen molar-refractivity contribution in [1.82, 2.24) is 10.2 Å². The van der Waals surface area contributed by atoms with Crippen molar-refractivity contribution >= 4 is 17.9 Å². The molecule has 0 saturated carbocycles. The van der Waals surface area contributed by atoms with Crippen LogP contribution in [-0.4, -0.2) is 43.5 Å². The van der Waals surface area contributed by atoms with Gasteiger partial charge in [0.1, 0.15) is 6.04 Å². The highest BCUT2D eigenvalue weighted by atomic mass is 16.5. The van der Waals surface area contributed by atoms with Gasteiger partial charge in [-0.3, -0.25) is 9.59 Å². The fourth-order valence-corrected chi connectivity index (χ4v) is 3.40. The molecule has 1 aliphatic rings. The Kier molecular flexibility index (Phi) is 6.54. The van der Waals surface area contributed by atoms with E-state index in [1.54, 1.807) is 32.1 Å². The molecule has 0 aromatic heterocycles. The molecule has 3 rings (SSSR count). The van der Waals surface area contributed by atoms with E-state index in [1.807, 2.05) is 42.5 Å². The van der Waals surface area contributed by atoms with E-state index in [1.165, 1.54) is 6.08 Å². The van der Waals surface area contributed by atoms with Crippen LogP contribution in [0.3, 0.4) is 0 Å². The van der Waals surface area contributed by atoms with Gasteiger partial charge in [-0.1, -0.05) is 30.3 Å². The summed E-state index contributed by atoms with van der Waals surface area (Å²) >= 11 is 0. The molecule has 1 unspecified atom stereocenters. The molecule has 1 N–H and O–H groups in total. The first-order chi connectivity index (χ1) is 14.0. The second-order valence-corrected chi connectivity index (χ2v) is 6.96. The second-order valence-electron chi connectivity index (χ2n) is 6.96. The molecule has 2 amide bonds. The number of nitrogens with zero attached hydrogens (tertiary/aromatic N) is 1. The van der Waals surface area contributed by atoms with Crippen molar-refractivity contribution in [2.24, 2.45) is 0 Å². The summed E-state index contributed by atoms with van der Waals surface area (Å²) in [4.78, 5) is 26.8. The number of carbonyl (C=O) groups excluding carboxylic acids is 2. The predicted octanol–water partition coefficient (Wildman–Crippen LogP) is 2.81. The summed E-state index contributed by atoms with van der Waals surface area (Å²) in [6, 6.07) is 12.8. The van der Waals surface area contributed by atoms with E-state index in [2.05, 4.69) is 5.32 Å². The highest BCUT2D eigenvalue weighted by Crippen LogP contribution is 2.33. The summed E-state index contributed by atoms with van der Waals surface area (Å²) in [5.74, 6) is 0.940. The van der Waals surface area contributed by atoms with Gasteiger partial charge in [0.2, 0.25) is 11.8 Å². The minimum absolute atomic E-state index is 0.105. The molecule has 29 heavy (non-hydrogen) atoms. The van der Waals surface area contributed by atoms with Gasteiger partial charge >= 0.3 is 0 Å². The Morgan fingerprint density at radius 3 is 2.38 bits per heavy atom. The summed E-state index contributed by atoms with van der Waals surface area (Å²) in [5, 5.41) is 2.75. The number of hydrogen-bond acceptors (Lipinski definition) is 4. The number of amides is 2. The van der Waals surface area contributed by atoms with Gasteiger partial charge in [-0.25, -0.2) is 0 Å². The van der Waals surface area contributed by atoms with Crippen LogP contribution in [-0.2, 0) is 22.6 Å². The highest BCUT2D eigenvalue weighted by molar-refractivity contribution is 5.95. The lowest BCUT2D eigenvalue weighted by Gasteiger charge is -2.31. The third-order valence-corrected chi connectivity index (χ3v) is 4.99. The number of ether oxygens (including phenoxy) is 2. The van der Waals surface area contributed by atoms with E-state index in [4.69, 9.17) is 9.47 Å². The van der Waals surface area contributed by atoms with Gasteiger partial charge in [0, 0.05) is 19.2 Å². The first-order valence-electron chi connectivity index (χ1n) is 9.58. The maximum Gasteiger partial charge on any atom is 0.245 e. The molecule has 1 heterocycles. The van der Waals surface area contributed by atoms with Gasteiger partial charge in [-0.05, 0) is 48.2 Å². The summed E-state index contributed by atoms with van der Waals surface area (Å²) in [5.41, 5.74) is 3.11. The largest absolute Gasteiger partial charge is 0.493 e. The fraction of sp³-hybridized carbons (Fsp3) is 0.304. The molecule has 0 aliphatic carbocycles. The van der Waals surface area contributed by atoms with Crippen LogP contribution in [0.1, 0.15) is 23.6 Å². The van der Waals surface area contributed by atoms with Gasteiger partial charge in [-0.15, -0.1) is 0 Å². The first-order valence-corrected chi connectivity index (χ1v) is 9.58. The third kappa shape index (κ3) is 4.96. The number of rotatable bonds is 6. The van der Waals surface area contributed by atoms with Crippen LogP contribution in [0.15, 0.2) is 48.5 Å². The smallest absolute Gasteiger partial charge is 0.245 e. The number of fused-ring (bicyclic) bond motifs is 1. The Bertz CT molecular complexity index is 909. The minimum Gasteiger partial charge on any atom is -0.493 e. The van der Waals surface area contributed by atoms with Gasteiger partial charge in [-0.2, -0.15) is 0 Å². The maximum absolute atomic E-state index is 12.8. The topological polar surface area (TPSA) is 67.9 Å². The van der Waals surface area contributed by atoms with Crippen molar-refractivity contribution < 1.29 is 19.1 Å². The van der Waals surface area contributed by atoms with Crippen LogP contribution in [0.4, 0.5) is 0 Å². The molecule has 6 nitrogen and oxygen atoms in total. The van der Waals surface area contributed by atoms with Gasteiger partial charge < -0.3 is 19.7 Å². The number of hydrogen-bond donors (Lipinski definition) is 1. The van der Waals surface area contributed by atoms with Crippen LogP contribution in [0.2, 0.25) is 0 Å². The Hall–Kier alpha value is -3.28. The standard InChI is InChI=1S/C23H26N2O4/c1-16(24-22(26)10-9-17-7-5-4-6-8-17)23(27)25-12-11-18-13-20(28-2)21(29-3)14-19(18)15-25/h4-10,13-14,16H,11-12,15H2,1-3H3,(H,24,26)/b10-9+.